The number of nitrogens with zero attached hydrogens (tertiary/aromatic N) is 1. The van der Waals surface area contributed by atoms with E-state index >= 15 is 0 Å². The number of benzene rings is 3. The van der Waals surface area contributed by atoms with Crippen LogP contribution in [0.25, 0.3) is 6.08 Å². The highest BCUT2D eigenvalue weighted by Crippen LogP contribution is 2.27. The van der Waals surface area contributed by atoms with Crippen LogP contribution in [0.15, 0.2) is 78.4 Å². The summed E-state index contributed by atoms with van der Waals surface area (Å²) in [6, 6.07) is 18.8. The van der Waals surface area contributed by atoms with E-state index in [-0.39, 0.29) is 23.6 Å². The molecule has 0 saturated carbocycles. The number of carbonyl (C=O) groups excluding carboxylic acids is 3. The summed E-state index contributed by atoms with van der Waals surface area (Å²) in [6.45, 7) is 0.193. The number of anilines is 1. The van der Waals surface area contributed by atoms with Gasteiger partial charge in [-0.25, -0.2) is 9.69 Å². The van der Waals surface area contributed by atoms with E-state index in [0.29, 0.717) is 16.3 Å². The molecule has 1 heterocycles. The number of imide groups is 2. The number of phenols is 1. The third-order valence-corrected chi connectivity index (χ3v) is 5.14. The summed E-state index contributed by atoms with van der Waals surface area (Å²) in [4.78, 5) is 38.6. The fourth-order valence-corrected chi connectivity index (χ4v) is 3.34. The Hall–Kier alpha value is -4.10. The Bertz CT molecular complexity index is 1240. The second-order valence-electron chi connectivity index (χ2n) is 6.89. The Labute approximate surface area is 188 Å². The summed E-state index contributed by atoms with van der Waals surface area (Å²) in [6.07, 6.45) is 1.37. The van der Waals surface area contributed by atoms with Crippen molar-refractivity contribution in [1.29, 1.82) is 0 Å². The van der Waals surface area contributed by atoms with Crippen LogP contribution >= 0.6 is 11.6 Å². The number of hydrogen-bond donors (Lipinski definition) is 2. The van der Waals surface area contributed by atoms with Gasteiger partial charge in [-0.15, -0.1) is 0 Å². The van der Waals surface area contributed by atoms with E-state index in [4.69, 9.17) is 16.3 Å². The van der Waals surface area contributed by atoms with Gasteiger partial charge >= 0.3 is 6.03 Å². The molecule has 1 saturated heterocycles. The van der Waals surface area contributed by atoms with Gasteiger partial charge in [0.2, 0.25) is 0 Å². The zero-order chi connectivity index (χ0) is 22.7. The molecule has 1 fully saturated rings. The van der Waals surface area contributed by atoms with Crippen molar-refractivity contribution < 1.29 is 24.2 Å². The SMILES string of the molecule is O=C1NC(=O)N(c2ccc(O)cc2)C(=O)/C1=C/c1ccccc1OCc1ccccc1Cl. The molecule has 3 aromatic carbocycles. The lowest BCUT2D eigenvalue weighted by Crippen LogP contribution is -2.54. The number of urea groups is 1. The molecular weight excluding hydrogens is 432 g/mol. The summed E-state index contributed by atoms with van der Waals surface area (Å²) in [5, 5.41) is 12.2. The first-order valence-electron chi connectivity index (χ1n) is 9.60. The fraction of sp³-hybridized carbons (Fsp3) is 0.0417. The molecule has 8 heteroatoms. The fourth-order valence-electron chi connectivity index (χ4n) is 3.15. The third kappa shape index (κ3) is 4.33. The predicted octanol–water partition coefficient (Wildman–Crippen LogP) is 4.29. The monoisotopic (exact) mass is 448 g/mol. The van der Waals surface area contributed by atoms with Crippen LogP contribution in [-0.4, -0.2) is 23.0 Å². The molecule has 160 valence electrons. The molecule has 2 N–H and O–H groups in total. The molecule has 4 rings (SSSR count). The van der Waals surface area contributed by atoms with E-state index < -0.39 is 17.8 Å². The number of para-hydroxylation sites is 1. The van der Waals surface area contributed by atoms with Crippen LogP contribution in [-0.2, 0) is 16.2 Å². The van der Waals surface area contributed by atoms with Gasteiger partial charge in [0, 0.05) is 16.1 Å². The molecule has 1 aliphatic heterocycles. The topological polar surface area (TPSA) is 95.9 Å². The lowest BCUT2D eigenvalue weighted by molar-refractivity contribution is -0.122. The molecule has 0 spiro atoms. The Balaban J connectivity index is 1.64. The van der Waals surface area contributed by atoms with Crippen molar-refractivity contribution in [1.82, 2.24) is 5.32 Å². The van der Waals surface area contributed by atoms with E-state index in [2.05, 4.69) is 5.32 Å². The second-order valence-corrected chi connectivity index (χ2v) is 7.30. The highest BCUT2D eigenvalue weighted by molar-refractivity contribution is 6.39. The summed E-state index contributed by atoms with van der Waals surface area (Å²) in [7, 11) is 0. The normalized spacial score (nSPS) is 15.1. The molecular formula is C24H17ClN2O5. The lowest BCUT2D eigenvalue weighted by atomic mass is 10.1. The van der Waals surface area contributed by atoms with Gasteiger partial charge in [-0.3, -0.25) is 14.9 Å². The molecule has 4 amide bonds. The standard InChI is InChI=1S/C24H17ClN2O5/c25-20-7-3-1-6-16(20)14-32-21-8-4-2-5-15(21)13-19-22(29)26-24(31)27(23(19)30)17-9-11-18(28)12-10-17/h1-13,28H,14H2,(H,26,29,31)/b19-13+. The number of ether oxygens (including phenoxy) is 1. The quantitative estimate of drug-likeness (QED) is 0.448. The summed E-state index contributed by atoms with van der Waals surface area (Å²) in [5.74, 6) is -1.18. The Morgan fingerprint density at radius 3 is 2.38 bits per heavy atom. The summed E-state index contributed by atoms with van der Waals surface area (Å²) < 4.78 is 5.88. The number of rotatable bonds is 5. The molecule has 0 bridgehead atoms. The van der Waals surface area contributed by atoms with Gasteiger partial charge in [0.05, 0.1) is 5.69 Å². The highest BCUT2D eigenvalue weighted by atomic mass is 35.5. The van der Waals surface area contributed by atoms with Crippen molar-refractivity contribution >= 4 is 41.2 Å². The molecule has 0 aromatic heterocycles. The number of phenolic OH excluding ortho intramolecular Hbond substituents is 1. The molecule has 0 radical (unpaired) electrons. The molecule has 1 aliphatic rings. The summed E-state index contributed by atoms with van der Waals surface area (Å²) in [5.41, 5.74) is 1.25. The van der Waals surface area contributed by atoms with Crippen LogP contribution in [0.4, 0.5) is 10.5 Å². The van der Waals surface area contributed by atoms with Crippen molar-refractivity contribution in [3.63, 3.8) is 0 Å². The van der Waals surface area contributed by atoms with Gasteiger partial charge < -0.3 is 9.84 Å². The number of carbonyl (C=O) groups is 3. The van der Waals surface area contributed by atoms with Crippen LogP contribution in [0.2, 0.25) is 5.02 Å². The van der Waals surface area contributed by atoms with E-state index in [1.54, 1.807) is 30.3 Å². The molecule has 32 heavy (non-hydrogen) atoms. The van der Waals surface area contributed by atoms with Gasteiger partial charge in [-0.05, 0) is 42.5 Å². The maximum Gasteiger partial charge on any atom is 0.335 e. The summed E-state index contributed by atoms with van der Waals surface area (Å²) >= 11 is 6.18. The van der Waals surface area contributed by atoms with Crippen LogP contribution in [0.5, 0.6) is 11.5 Å². The molecule has 7 nitrogen and oxygen atoms in total. The van der Waals surface area contributed by atoms with Crippen LogP contribution in [0.1, 0.15) is 11.1 Å². The molecule has 0 unspecified atom stereocenters. The number of barbiturate groups is 1. The zero-order valence-corrected chi connectivity index (χ0v) is 17.4. The van der Waals surface area contributed by atoms with Crippen molar-refractivity contribution in [2.45, 2.75) is 6.61 Å². The zero-order valence-electron chi connectivity index (χ0n) is 16.6. The van der Waals surface area contributed by atoms with Crippen molar-refractivity contribution in [3.8, 4) is 11.5 Å². The average molecular weight is 449 g/mol. The average Bonchev–Trinajstić information content (AvgIpc) is 2.78. The number of hydrogen-bond acceptors (Lipinski definition) is 5. The van der Waals surface area contributed by atoms with Crippen LogP contribution < -0.4 is 15.0 Å². The maximum atomic E-state index is 13.0. The van der Waals surface area contributed by atoms with Gasteiger partial charge in [0.25, 0.3) is 11.8 Å². The number of halogens is 1. The molecule has 0 atom stereocenters. The number of amides is 4. The molecule has 0 aliphatic carbocycles. The van der Waals surface area contributed by atoms with E-state index in [0.717, 1.165) is 10.5 Å². The third-order valence-electron chi connectivity index (χ3n) is 4.77. The smallest absolute Gasteiger partial charge is 0.335 e. The Kier molecular flexibility index (Phi) is 5.91. The molecule has 3 aromatic rings. The number of nitrogens with one attached hydrogen (secondary N) is 1. The second kappa shape index (κ2) is 8.95. The number of aromatic hydroxyl groups is 1. The first-order valence-corrected chi connectivity index (χ1v) is 9.97. The van der Waals surface area contributed by atoms with E-state index in [9.17, 15) is 19.5 Å². The minimum absolute atomic E-state index is 0.0185. The van der Waals surface area contributed by atoms with Crippen LogP contribution in [0, 0.1) is 0 Å². The van der Waals surface area contributed by atoms with Crippen molar-refractivity contribution in [2.75, 3.05) is 4.90 Å². The van der Waals surface area contributed by atoms with Gasteiger partial charge in [-0.2, -0.15) is 0 Å². The minimum Gasteiger partial charge on any atom is -0.508 e. The first-order chi connectivity index (χ1) is 15.4. The van der Waals surface area contributed by atoms with Gasteiger partial charge in [0.1, 0.15) is 23.7 Å². The highest BCUT2D eigenvalue weighted by Gasteiger charge is 2.37. The van der Waals surface area contributed by atoms with Crippen molar-refractivity contribution in [3.05, 3.63) is 94.5 Å². The Morgan fingerprint density at radius 1 is 0.938 bits per heavy atom. The minimum atomic E-state index is -0.869. The van der Waals surface area contributed by atoms with Crippen molar-refractivity contribution in [2.24, 2.45) is 0 Å². The van der Waals surface area contributed by atoms with Gasteiger partial charge in [0.15, 0.2) is 0 Å². The van der Waals surface area contributed by atoms with E-state index in [1.165, 1.54) is 30.3 Å². The first kappa shape index (κ1) is 21.1. The van der Waals surface area contributed by atoms with E-state index in [1.807, 2.05) is 18.2 Å². The largest absolute Gasteiger partial charge is 0.508 e. The van der Waals surface area contributed by atoms with Crippen LogP contribution in [0.3, 0.4) is 0 Å². The predicted molar refractivity (Wildman–Crippen MR) is 119 cm³/mol. The maximum absolute atomic E-state index is 13.0. The van der Waals surface area contributed by atoms with Gasteiger partial charge in [-0.1, -0.05) is 48.0 Å². The lowest BCUT2D eigenvalue weighted by Gasteiger charge is -2.26. The Morgan fingerprint density at radius 2 is 1.62 bits per heavy atom.